The monoisotopic (exact) mass is 524 g/mol. The van der Waals surface area contributed by atoms with Gasteiger partial charge in [-0.25, -0.2) is 9.78 Å². The van der Waals surface area contributed by atoms with E-state index < -0.39 is 5.97 Å². The van der Waals surface area contributed by atoms with Gasteiger partial charge in [0.05, 0.1) is 29.9 Å². The Kier molecular flexibility index (Phi) is 7.31. The number of amidine groups is 1. The SMILES string of the molecule is CCOC(=O)CO/N=C(/c1ccccc1)C1(c2ccc3c(c2)nc(CNc2ccc(C(=N)N)cc2)n3C)CC1. The molecule has 0 spiro atoms. The largest absolute Gasteiger partial charge is 0.463 e. The first-order chi connectivity index (χ1) is 18.9. The molecular formula is C30H32N6O3. The number of oxime groups is 1. The number of hydrogen-bond donors (Lipinski definition) is 3. The van der Waals surface area contributed by atoms with Crippen molar-refractivity contribution in [1.29, 1.82) is 5.41 Å². The number of nitrogens with zero attached hydrogens (tertiary/aromatic N) is 3. The second-order valence-corrected chi connectivity index (χ2v) is 9.60. The third-order valence-corrected chi connectivity index (χ3v) is 7.07. The van der Waals surface area contributed by atoms with Gasteiger partial charge in [-0.3, -0.25) is 5.41 Å². The Morgan fingerprint density at radius 1 is 1.10 bits per heavy atom. The Morgan fingerprint density at radius 3 is 2.51 bits per heavy atom. The number of hydrogen-bond acceptors (Lipinski definition) is 7. The average molecular weight is 525 g/mol. The summed E-state index contributed by atoms with van der Waals surface area (Å²) in [5.41, 5.74) is 11.7. The minimum atomic E-state index is -0.440. The molecular weight excluding hydrogens is 492 g/mol. The van der Waals surface area contributed by atoms with Crippen molar-refractivity contribution in [3.8, 4) is 0 Å². The molecule has 1 aliphatic carbocycles. The number of imidazole rings is 1. The van der Waals surface area contributed by atoms with Crippen molar-refractivity contribution in [2.24, 2.45) is 17.9 Å². The lowest BCUT2D eigenvalue weighted by molar-refractivity contribution is -0.148. The Hall–Kier alpha value is -4.66. The molecule has 1 aliphatic rings. The van der Waals surface area contributed by atoms with Crippen LogP contribution in [0.3, 0.4) is 0 Å². The van der Waals surface area contributed by atoms with Crippen LogP contribution >= 0.6 is 0 Å². The molecule has 5 rings (SSSR count). The highest BCUT2D eigenvalue weighted by atomic mass is 16.7. The van der Waals surface area contributed by atoms with Crippen molar-refractivity contribution >= 4 is 34.2 Å². The fourth-order valence-corrected chi connectivity index (χ4v) is 4.81. The highest BCUT2D eigenvalue weighted by Crippen LogP contribution is 2.51. The summed E-state index contributed by atoms with van der Waals surface area (Å²) >= 11 is 0. The Bertz CT molecular complexity index is 1520. The average Bonchev–Trinajstić information content (AvgIpc) is 3.69. The van der Waals surface area contributed by atoms with Crippen molar-refractivity contribution < 1.29 is 14.4 Å². The first-order valence-electron chi connectivity index (χ1n) is 13.0. The van der Waals surface area contributed by atoms with E-state index in [-0.39, 0.29) is 17.9 Å². The van der Waals surface area contributed by atoms with E-state index >= 15 is 0 Å². The lowest BCUT2D eigenvalue weighted by Crippen LogP contribution is -2.23. The van der Waals surface area contributed by atoms with Crippen LogP contribution in [-0.2, 0) is 33.4 Å². The predicted octanol–water partition coefficient (Wildman–Crippen LogP) is 4.49. The van der Waals surface area contributed by atoms with Crippen molar-refractivity contribution in [3.05, 3.63) is 95.3 Å². The molecule has 0 unspecified atom stereocenters. The molecule has 1 fully saturated rings. The van der Waals surface area contributed by atoms with Crippen molar-refractivity contribution in [2.45, 2.75) is 31.7 Å². The summed E-state index contributed by atoms with van der Waals surface area (Å²) in [7, 11) is 2.01. The van der Waals surface area contributed by atoms with Gasteiger partial charge in [-0.2, -0.15) is 0 Å². The van der Waals surface area contributed by atoms with Crippen LogP contribution in [0.5, 0.6) is 0 Å². The number of nitrogens with two attached hydrogens (primary N) is 1. The number of aromatic nitrogens is 2. The Labute approximate surface area is 227 Å². The molecule has 39 heavy (non-hydrogen) atoms. The summed E-state index contributed by atoms with van der Waals surface area (Å²) in [5, 5.41) is 15.4. The van der Waals surface area contributed by atoms with E-state index in [0.29, 0.717) is 18.7 Å². The molecule has 1 saturated carbocycles. The molecule has 4 N–H and O–H groups in total. The first kappa shape index (κ1) is 26.0. The van der Waals surface area contributed by atoms with Crippen LogP contribution < -0.4 is 11.1 Å². The number of benzene rings is 3. The van der Waals surface area contributed by atoms with Gasteiger partial charge in [-0.1, -0.05) is 41.6 Å². The van der Waals surface area contributed by atoms with E-state index in [1.54, 1.807) is 6.92 Å². The zero-order valence-corrected chi connectivity index (χ0v) is 22.1. The molecule has 3 aromatic carbocycles. The molecule has 0 aliphatic heterocycles. The molecule has 4 aromatic rings. The molecule has 0 amide bonds. The van der Waals surface area contributed by atoms with Crippen molar-refractivity contribution in [1.82, 2.24) is 9.55 Å². The van der Waals surface area contributed by atoms with Crippen molar-refractivity contribution in [2.75, 3.05) is 18.5 Å². The number of nitrogen functional groups attached to an aromatic ring is 1. The molecule has 0 bridgehead atoms. The molecule has 0 radical (unpaired) electrons. The van der Waals surface area contributed by atoms with Gasteiger partial charge < -0.3 is 25.2 Å². The maximum atomic E-state index is 11.8. The summed E-state index contributed by atoms with van der Waals surface area (Å²) in [5.74, 6) is 0.508. The summed E-state index contributed by atoms with van der Waals surface area (Å²) in [6, 6.07) is 23.8. The lowest BCUT2D eigenvalue weighted by Gasteiger charge is -2.19. The highest BCUT2D eigenvalue weighted by molar-refractivity contribution is 6.10. The Balaban J connectivity index is 1.40. The van der Waals surface area contributed by atoms with Gasteiger partial charge in [0.25, 0.3) is 0 Å². The summed E-state index contributed by atoms with van der Waals surface area (Å²) in [4.78, 5) is 22.2. The standard InChI is InChI=1S/C30H32N6O3/c1-3-38-27(37)19-39-35-28(20-7-5-4-6-8-20)30(15-16-30)22-11-14-25-24(17-22)34-26(36(25)2)18-33-23-12-9-21(10-13-23)29(31)32/h4-14,17,33H,3,15-16,18-19H2,1-2H3,(H3,31,32)/b35-28-. The smallest absolute Gasteiger partial charge is 0.347 e. The van der Waals surface area contributed by atoms with Crippen LogP contribution in [0, 0.1) is 5.41 Å². The number of aryl methyl sites for hydroxylation is 1. The quantitative estimate of drug-likeness (QED) is 0.115. The van der Waals surface area contributed by atoms with E-state index in [9.17, 15) is 4.79 Å². The van der Waals surface area contributed by atoms with Crippen LogP contribution in [0.2, 0.25) is 0 Å². The van der Waals surface area contributed by atoms with Gasteiger partial charge in [0, 0.05) is 29.3 Å². The topological polar surface area (TPSA) is 128 Å². The maximum Gasteiger partial charge on any atom is 0.347 e. The van der Waals surface area contributed by atoms with E-state index in [4.69, 9.17) is 25.7 Å². The van der Waals surface area contributed by atoms with Gasteiger partial charge in [0.15, 0.2) is 0 Å². The maximum absolute atomic E-state index is 11.8. The van der Waals surface area contributed by atoms with Crippen LogP contribution in [0.15, 0.2) is 78.0 Å². The zero-order valence-electron chi connectivity index (χ0n) is 22.1. The van der Waals surface area contributed by atoms with Gasteiger partial charge in [-0.15, -0.1) is 0 Å². The fourth-order valence-electron chi connectivity index (χ4n) is 4.81. The number of carbonyl (C=O) groups is 1. The molecule has 1 heterocycles. The number of ether oxygens (including phenoxy) is 1. The van der Waals surface area contributed by atoms with Gasteiger partial charge in [0.2, 0.25) is 6.61 Å². The number of esters is 1. The summed E-state index contributed by atoms with van der Waals surface area (Å²) in [6.07, 6.45) is 1.85. The van der Waals surface area contributed by atoms with Gasteiger partial charge in [0.1, 0.15) is 11.7 Å². The molecule has 9 heteroatoms. The Morgan fingerprint density at radius 2 is 1.85 bits per heavy atom. The van der Waals surface area contributed by atoms with E-state index in [1.807, 2.05) is 61.6 Å². The second kappa shape index (κ2) is 11.0. The van der Waals surface area contributed by atoms with Crippen LogP contribution in [-0.4, -0.2) is 40.3 Å². The fraction of sp³-hybridized carbons (Fsp3) is 0.267. The first-order valence-corrected chi connectivity index (χ1v) is 13.0. The number of fused-ring (bicyclic) bond motifs is 1. The van der Waals surface area contributed by atoms with Crippen LogP contribution in [0.4, 0.5) is 5.69 Å². The van der Waals surface area contributed by atoms with Crippen LogP contribution in [0.25, 0.3) is 11.0 Å². The van der Waals surface area contributed by atoms with E-state index in [2.05, 4.69) is 33.2 Å². The minimum Gasteiger partial charge on any atom is -0.463 e. The molecule has 0 atom stereocenters. The third kappa shape index (κ3) is 5.47. The predicted molar refractivity (Wildman–Crippen MR) is 152 cm³/mol. The highest BCUT2D eigenvalue weighted by Gasteiger charge is 2.50. The molecule has 1 aromatic heterocycles. The van der Waals surface area contributed by atoms with E-state index in [0.717, 1.165) is 52.2 Å². The minimum absolute atomic E-state index is 0.0483. The molecule has 9 nitrogen and oxygen atoms in total. The van der Waals surface area contributed by atoms with Crippen molar-refractivity contribution in [3.63, 3.8) is 0 Å². The second-order valence-electron chi connectivity index (χ2n) is 9.60. The summed E-state index contributed by atoms with van der Waals surface area (Å²) in [6.45, 7) is 2.38. The normalized spacial score (nSPS) is 14.2. The third-order valence-electron chi connectivity index (χ3n) is 7.07. The number of rotatable bonds is 11. The zero-order chi connectivity index (χ0) is 27.4. The van der Waals surface area contributed by atoms with Crippen LogP contribution in [0.1, 0.15) is 42.3 Å². The number of carbonyl (C=O) groups excluding carboxylic acids is 1. The van der Waals surface area contributed by atoms with Gasteiger partial charge in [-0.05, 0) is 61.7 Å². The lowest BCUT2D eigenvalue weighted by atomic mass is 9.86. The number of nitrogens with one attached hydrogen (secondary N) is 2. The summed E-state index contributed by atoms with van der Waals surface area (Å²) < 4.78 is 7.06. The molecule has 0 saturated heterocycles. The molecule has 200 valence electrons. The van der Waals surface area contributed by atoms with Gasteiger partial charge >= 0.3 is 5.97 Å². The number of anilines is 1. The van der Waals surface area contributed by atoms with E-state index in [1.165, 1.54) is 0 Å².